The van der Waals surface area contributed by atoms with E-state index in [0.717, 1.165) is 23.7 Å². The van der Waals surface area contributed by atoms with E-state index in [4.69, 9.17) is 4.74 Å². The summed E-state index contributed by atoms with van der Waals surface area (Å²) in [6, 6.07) is 0. The predicted molar refractivity (Wildman–Crippen MR) is 114 cm³/mol. The Morgan fingerprint density at radius 3 is 1.92 bits per heavy atom. The van der Waals surface area contributed by atoms with E-state index in [2.05, 4.69) is 41.7 Å². The third kappa shape index (κ3) is 20.0. The Hall–Kier alpha value is -0.0600. The molecule has 0 N–H and O–H groups in total. The largest absolute Gasteiger partial charge is 0.466 e. The van der Waals surface area contributed by atoms with Crippen molar-refractivity contribution in [3.63, 3.8) is 0 Å². The van der Waals surface area contributed by atoms with Crippen molar-refractivity contribution in [3.8, 4) is 0 Å². The minimum absolute atomic E-state index is 0.0162. The Labute approximate surface area is 164 Å². The molecule has 142 valence electrons. The molecule has 0 saturated carbocycles. The summed E-state index contributed by atoms with van der Waals surface area (Å²) >= 11 is 2.30. The minimum Gasteiger partial charge on any atom is -0.466 e. The maximum atomic E-state index is 11.4. The fraction of sp³-hybridized carbons (Fsp3) is 0.857. The summed E-state index contributed by atoms with van der Waals surface area (Å²) in [4.78, 5) is 11.4. The van der Waals surface area contributed by atoms with Gasteiger partial charge in [-0.05, 0) is 38.5 Å². The maximum absolute atomic E-state index is 11.4. The lowest BCUT2D eigenvalue weighted by Crippen LogP contribution is -2.05. The van der Waals surface area contributed by atoms with E-state index in [-0.39, 0.29) is 5.97 Å². The Morgan fingerprint density at radius 2 is 1.33 bits per heavy atom. The Bertz CT molecular complexity index is 290. The number of esters is 1. The number of allylic oxidation sites excluding steroid dienone is 2. The third-order valence-corrected chi connectivity index (χ3v) is 4.95. The highest BCUT2D eigenvalue weighted by Crippen LogP contribution is 2.10. The highest BCUT2D eigenvalue weighted by molar-refractivity contribution is 14.1. The summed E-state index contributed by atoms with van der Waals surface area (Å²) in [5.74, 6) is -0.0162. The van der Waals surface area contributed by atoms with Gasteiger partial charge in [-0.3, -0.25) is 4.79 Å². The molecule has 0 radical (unpaired) electrons. The Morgan fingerprint density at radius 1 is 0.792 bits per heavy atom. The molecule has 0 amide bonds. The summed E-state index contributed by atoms with van der Waals surface area (Å²) in [5.41, 5.74) is 0. The van der Waals surface area contributed by atoms with Crippen LogP contribution < -0.4 is 0 Å². The van der Waals surface area contributed by atoms with Crippen molar-refractivity contribution < 1.29 is 9.53 Å². The molecule has 0 aromatic rings. The van der Waals surface area contributed by atoms with Crippen molar-refractivity contribution >= 4 is 28.6 Å². The van der Waals surface area contributed by atoms with E-state index in [1.807, 2.05) is 0 Å². The van der Waals surface area contributed by atoms with Crippen LogP contribution in [-0.2, 0) is 9.53 Å². The van der Waals surface area contributed by atoms with Gasteiger partial charge in [-0.1, -0.05) is 93.0 Å². The normalized spacial score (nSPS) is 11.2. The van der Waals surface area contributed by atoms with Gasteiger partial charge in [0.15, 0.2) is 0 Å². The second kappa shape index (κ2) is 21.0. The van der Waals surface area contributed by atoms with Crippen molar-refractivity contribution in [1.29, 1.82) is 0 Å². The highest BCUT2D eigenvalue weighted by atomic mass is 127. The van der Waals surface area contributed by atoms with Crippen LogP contribution >= 0.6 is 22.6 Å². The molecule has 0 fully saturated rings. The summed E-state index contributed by atoms with van der Waals surface area (Å²) in [7, 11) is 0. The number of alkyl halides is 1. The molecule has 24 heavy (non-hydrogen) atoms. The topological polar surface area (TPSA) is 26.3 Å². The van der Waals surface area contributed by atoms with E-state index in [0.29, 0.717) is 13.0 Å². The van der Waals surface area contributed by atoms with Gasteiger partial charge < -0.3 is 4.74 Å². The van der Waals surface area contributed by atoms with E-state index in [9.17, 15) is 4.79 Å². The molecule has 0 aliphatic rings. The van der Waals surface area contributed by atoms with Crippen LogP contribution in [0.3, 0.4) is 0 Å². The minimum atomic E-state index is -0.0162. The number of ether oxygens (including phenoxy) is 1. The van der Waals surface area contributed by atoms with Crippen LogP contribution in [0, 0.1) is 0 Å². The van der Waals surface area contributed by atoms with Gasteiger partial charge in [0.1, 0.15) is 0 Å². The standard InChI is InChI=1S/C21H39IO2/c1-2-3-4-5-6-7-8-9-10-11-12-13-14-15-16-18-21(23)24-20-17-19-22/h9-10H,2-8,11-20H2,1H3/b10-9-. The molecule has 0 aromatic carbocycles. The van der Waals surface area contributed by atoms with Gasteiger partial charge >= 0.3 is 5.97 Å². The Kier molecular flexibility index (Phi) is 20.9. The number of hydrogen-bond donors (Lipinski definition) is 0. The first kappa shape index (κ1) is 23.9. The lowest BCUT2D eigenvalue weighted by molar-refractivity contribution is -0.143. The molecular formula is C21H39IO2. The fourth-order valence-corrected chi connectivity index (χ4v) is 2.96. The molecule has 0 aliphatic carbocycles. The molecule has 0 aromatic heterocycles. The zero-order valence-electron chi connectivity index (χ0n) is 15.9. The average molecular weight is 450 g/mol. The number of carbonyl (C=O) groups excluding carboxylic acids is 1. The number of halogens is 1. The van der Waals surface area contributed by atoms with Gasteiger partial charge in [0, 0.05) is 10.8 Å². The zero-order valence-corrected chi connectivity index (χ0v) is 18.0. The first-order valence-corrected chi connectivity index (χ1v) is 11.7. The van der Waals surface area contributed by atoms with E-state index < -0.39 is 0 Å². The maximum Gasteiger partial charge on any atom is 0.305 e. The van der Waals surface area contributed by atoms with Gasteiger partial charge in [-0.25, -0.2) is 0 Å². The summed E-state index contributed by atoms with van der Waals surface area (Å²) in [6.07, 6.45) is 23.0. The van der Waals surface area contributed by atoms with Crippen LogP contribution in [-0.4, -0.2) is 17.0 Å². The first-order valence-electron chi connectivity index (χ1n) is 10.2. The number of hydrogen-bond acceptors (Lipinski definition) is 2. The second-order valence-electron chi connectivity index (χ2n) is 6.60. The second-order valence-corrected chi connectivity index (χ2v) is 7.68. The fourth-order valence-electron chi connectivity index (χ4n) is 2.65. The molecule has 0 heterocycles. The van der Waals surface area contributed by atoms with Crippen molar-refractivity contribution in [2.24, 2.45) is 0 Å². The molecule has 0 bridgehead atoms. The highest BCUT2D eigenvalue weighted by Gasteiger charge is 2.01. The summed E-state index contributed by atoms with van der Waals surface area (Å²) in [6.45, 7) is 2.86. The molecule has 0 spiro atoms. The van der Waals surface area contributed by atoms with Crippen LogP contribution in [0.2, 0.25) is 0 Å². The number of carbonyl (C=O) groups is 1. The average Bonchev–Trinajstić information content (AvgIpc) is 2.58. The van der Waals surface area contributed by atoms with Gasteiger partial charge in [0.05, 0.1) is 6.61 Å². The number of rotatable bonds is 18. The first-order chi connectivity index (χ1) is 11.8. The Balaban J connectivity index is 3.16. The zero-order chi connectivity index (χ0) is 17.7. The molecule has 0 unspecified atom stereocenters. The molecule has 0 aliphatic heterocycles. The summed E-state index contributed by atoms with van der Waals surface area (Å²) < 4.78 is 6.20. The van der Waals surface area contributed by atoms with E-state index in [1.165, 1.54) is 70.6 Å². The van der Waals surface area contributed by atoms with Crippen molar-refractivity contribution in [3.05, 3.63) is 12.2 Å². The predicted octanol–water partition coefficient (Wildman–Crippen LogP) is 7.39. The van der Waals surface area contributed by atoms with Crippen molar-refractivity contribution in [2.45, 2.75) is 103 Å². The van der Waals surface area contributed by atoms with Gasteiger partial charge in [-0.2, -0.15) is 0 Å². The van der Waals surface area contributed by atoms with Crippen LogP contribution in [0.15, 0.2) is 12.2 Å². The van der Waals surface area contributed by atoms with Crippen LogP contribution in [0.5, 0.6) is 0 Å². The molecular weight excluding hydrogens is 411 g/mol. The van der Waals surface area contributed by atoms with Crippen molar-refractivity contribution in [2.75, 3.05) is 11.0 Å². The van der Waals surface area contributed by atoms with E-state index >= 15 is 0 Å². The SMILES string of the molecule is CCCCCCCC/C=C\CCCCCCCC(=O)OCCCI. The van der Waals surface area contributed by atoms with Gasteiger partial charge in [-0.15, -0.1) is 0 Å². The van der Waals surface area contributed by atoms with Crippen LogP contribution in [0.1, 0.15) is 103 Å². The smallest absolute Gasteiger partial charge is 0.305 e. The van der Waals surface area contributed by atoms with Crippen LogP contribution in [0.4, 0.5) is 0 Å². The molecule has 0 rings (SSSR count). The van der Waals surface area contributed by atoms with Gasteiger partial charge in [0.2, 0.25) is 0 Å². The molecule has 0 saturated heterocycles. The van der Waals surface area contributed by atoms with Crippen LogP contribution in [0.25, 0.3) is 0 Å². The van der Waals surface area contributed by atoms with E-state index in [1.54, 1.807) is 0 Å². The third-order valence-electron chi connectivity index (χ3n) is 4.18. The number of unbranched alkanes of at least 4 members (excludes halogenated alkanes) is 11. The van der Waals surface area contributed by atoms with Crippen molar-refractivity contribution in [1.82, 2.24) is 0 Å². The molecule has 3 heteroatoms. The quantitative estimate of drug-likeness (QED) is 0.0715. The lowest BCUT2D eigenvalue weighted by atomic mass is 10.1. The van der Waals surface area contributed by atoms with Gasteiger partial charge in [0.25, 0.3) is 0 Å². The monoisotopic (exact) mass is 450 g/mol. The molecule has 0 atom stereocenters. The molecule has 2 nitrogen and oxygen atoms in total. The lowest BCUT2D eigenvalue weighted by Gasteiger charge is -2.03. The summed E-state index contributed by atoms with van der Waals surface area (Å²) in [5, 5.41) is 0.